The first-order valence-corrected chi connectivity index (χ1v) is 17.2. The van der Waals surface area contributed by atoms with Gasteiger partial charge in [-0.3, -0.25) is 0 Å². The Morgan fingerprint density at radius 3 is 0.973 bits per heavy atom. The lowest BCUT2D eigenvalue weighted by atomic mass is 10.0. The van der Waals surface area contributed by atoms with Gasteiger partial charge in [0, 0.05) is 11.1 Å². The lowest BCUT2D eigenvalue weighted by Gasteiger charge is -2.08. The summed E-state index contributed by atoms with van der Waals surface area (Å²) in [6, 6.07) is 3.08. The summed E-state index contributed by atoms with van der Waals surface area (Å²) in [4.78, 5) is 0. The quantitative estimate of drug-likeness (QED) is 0.0811. The summed E-state index contributed by atoms with van der Waals surface area (Å²) >= 11 is 0. The highest BCUT2D eigenvalue weighted by Crippen LogP contribution is 2.16. The number of rotatable bonds is 27. The van der Waals surface area contributed by atoms with Crippen LogP contribution in [0.4, 0.5) is 0 Å². The second kappa shape index (κ2) is 25.4. The van der Waals surface area contributed by atoms with Crippen molar-refractivity contribution in [2.24, 2.45) is 0 Å². The number of aryl methyl sites for hydroxylation is 2. The van der Waals surface area contributed by atoms with Gasteiger partial charge in [0.15, 0.2) is 18.4 Å². The normalized spacial score (nSPS) is 11.6. The third-order valence-corrected chi connectivity index (χ3v) is 8.23. The second-order valence-electron chi connectivity index (χ2n) is 12.4. The van der Waals surface area contributed by atoms with Crippen LogP contribution in [-0.2, 0) is 12.8 Å². The van der Waals surface area contributed by atoms with E-state index in [1.54, 1.807) is 11.1 Å². The number of unbranched alkanes of at least 4 members (excludes halogenated alkanes) is 22. The van der Waals surface area contributed by atoms with E-state index in [0.29, 0.717) is 6.04 Å². The molecule has 1 heteroatoms. The molecule has 1 rings (SSSR count). The maximum absolute atomic E-state index is 2.52. The van der Waals surface area contributed by atoms with E-state index in [9.17, 15) is 0 Å². The second-order valence-corrected chi connectivity index (χ2v) is 12.4. The molecule has 0 N–H and O–H groups in total. The molecular weight excluding hydrogens is 446 g/mol. The predicted molar refractivity (Wildman–Crippen MR) is 167 cm³/mol. The van der Waals surface area contributed by atoms with E-state index in [1.165, 1.54) is 167 Å². The number of pyridine rings is 1. The number of hydrogen-bond donors (Lipinski definition) is 0. The van der Waals surface area contributed by atoms with Crippen molar-refractivity contribution in [3.8, 4) is 0 Å². The van der Waals surface area contributed by atoms with Crippen LogP contribution in [0.15, 0.2) is 18.5 Å². The van der Waals surface area contributed by atoms with Crippen LogP contribution in [-0.4, -0.2) is 0 Å². The highest BCUT2D eigenvalue weighted by atomic mass is 15.0. The Labute approximate surface area is 234 Å². The first kappa shape index (κ1) is 34.2. The van der Waals surface area contributed by atoms with Gasteiger partial charge in [-0.1, -0.05) is 155 Å². The van der Waals surface area contributed by atoms with Crippen LogP contribution >= 0.6 is 0 Å². The van der Waals surface area contributed by atoms with Gasteiger partial charge >= 0.3 is 0 Å². The molecule has 216 valence electrons. The fraction of sp³-hybridized carbons (Fsp3) is 0.861. The zero-order valence-corrected chi connectivity index (χ0v) is 26.1. The van der Waals surface area contributed by atoms with Crippen LogP contribution in [0.5, 0.6) is 0 Å². The Bertz CT molecular complexity index is 558. The first-order chi connectivity index (χ1) is 18.2. The number of aromatic nitrogens is 1. The molecule has 1 aromatic rings. The van der Waals surface area contributed by atoms with E-state index in [4.69, 9.17) is 0 Å². The van der Waals surface area contributed by atoms with Gasteiger partial charge in [0.25, 0.3) is 0 Å². The van der Waals surface area contributed by atoms with Crippen molar-refractivity contribution in [3.05, 3.63) is 29.6 Å². The van der Waals surface area contributed by atoms with Crippen molar-refractivity contribution in [2.45, 2.75) is 201 Å². The molecule has 0 radical (unpaired) electrons. The summed E-state index contributed by atoms with van der Waals surface area (Å²) < 4.78 is 2.46. The van der Waals surface area contributed by atoms with Gasteiger partial charge < -0.3 is 0 Å². The van der Waals surface area contributed by atoms with E-state index in [2.05, 4.69) is 50.7 Å². The van der Waals surface area contributed by atoms with E-state index >= 15 is 0 Å². The molecule has 0 saturated heterocycles. The average molecular weight is 515 g/mol. The molecule has 0 amide bonds. The Balaban J connectivity index is 2.13. The Morgan fingerprint density at radius 2 is 0.703 bits per heavy atom. The third-order valence-electron chi connectivity index (χ3n) is 8.23. The number of hydrogen-bond acceptors (Lipinski definition) is 0. The Hall–Kier alpha value is -0.850. The molecule has 0 fully saturated rings. The van der Waals surface area contributed by atoms with E-state index < -0.39 is 0 Å². The SMILES string of the molecule is CCCCCCCCCCCCCCc1cc(CCCCCCCCCCCCCC)c[n+](C(C)C)c1. The maximum atomic E-state index is 2.52. The molecule has 0 unspecified atom stereocenters. The van der Waals surface area contributed by atoms with Gasteiger partial charge in [0.05, 0.1) is 0 Å². The first-order valence-electron chi connectivity index (χ1n) is 17.2. The Kier molecular flexibility index (Phi) is 23.5. The van der Waals surface area contributed by atoms with Gasteiger partial charge in [-0.15, -0.1) is 0 Å². The van der Waals surface area contributed by atoms with Gasteiger partial charge in [0.2, 0.25) is 0 Å². The smallest absolute Gasteiger partial charge is 0.172 e. The standard InChI is InChI=1S/C36H68N/c1-5-7-9-11-13-15-17-19-21-23-25-27-29-35-31-36(33-37(32-35)34(3)4)30-28-26-24-22-20-18-16-14-12-10-8-6-2/h31-34H,5-30H2,1-4H3/q+1. The van der Waals surface area contributed by atoms with Gasteiger partial charge in [-0.25, -0.2) is 4.57 Å². The highest BCUT2D eigenvalue weighted by molar-refractivity contribution is 5.15. The Morgan fingerprint density at radius 1 is 0.432 bits per heavy atom. The van der Waals surface area contributed by atoms with Crippen LogP contribution in [0.2, 0.25) is 0 Å². The van der Waals surface area contributed by atoms with Crippen LogP contribution in [0.1, 0.15) is 199 Å². The minimum absolute atomic E-state index is 0.558. The molecule has 0 bridgehead atoms. The summed E-state index contributed by atoms with van der Waals surface area (Å²) in [6.45, 7) is 9.25. The molecular formula is C36H68N+. The topological polar surface area (TPSA) is 3.88 Å². The molecule has 0 aliphatic heterocycles. The predicted octanol–water partition coefficient (Wildman–Crippen LogP) is 12.0. The van der Waals surface area contributed by atoms with E-state index in [0.717, 1.165) is 0 Å². The summed E-state index contributed by atoms with van der Waals surface area (Å²) in [5.74, 6) is 0. The largest absolute Gasteiger partial charge is 0.203 e. The van der Waals surface area contributed by atoms with Crippen LogP contribution < -0.4 is 4.57 Å². The van der Waals surface area contributed by atoms with Crippen molar-refractivity contribution < 1.29 is 4.57 Å². The van der Waals surface area contributed by atoms with E-state index in [-0.39, 0.29) is 0 Å². The molecule has 0 aromatic carbocycles. The van der Waals surface area contributed by atoms with Gasteiger partial charge in [0.1, 0.15) is 0 Å². The summed E-state index contributed by atoms with van der Waals surface area (Å²) in [5, 5.41) is 0. The monoisotopic (exact) mass is 515 g/mol. The fourth-order valence-electron chi connectivity index (χ4n) is 5.64. The average Bonchev–Trinajstić information content (AvgIpc) is 2.90. The van der Waals surface area contributed by atoms with Gasteiger partial charge in [-0.2, -0.15) is 0 Å². The molecule has 37 heavy (non-hydrogen) atoms. The lowest BCUT2D eigenvalue weighted by molar-refractivity contribution is -0.716. The molecule has 1 aromatic heterocycles. The van der Waals surface area contributed by atoms with Crippen LogP contribution in [0, 0.1) is 0 Å². The minimum Gasteiger partial charge on any atom is -0.203 e. The molecule has 0 aliphatic carbocycles. The molecule has 0 atom stereocenters. The lowest BCUT2D eigenvalue weighted by Crippen LogP contribution is -2.36. The molecule has 0 saturated carbocycles. The highest BCUT2D eigenvalue weighted by Gasteiger charge is 2.11. The van der Waals surface area contributed by atoms with Crippen LogP contribution in [0.25, 0.3) is 0 Å². The molecule has 0 spiro atoms. The zero-order chi connectivity index (χ0) is 26.8. The van der Waals surface area contributed by atoms with Crippen molar-refractivity contribution in [1.29, 1.82) is 0 Å². The van der Waals surface area contributed by atoms with Crippen LogP contribution in [0.3, 0.4) is 0 Å². The molecule has 0 aliphatic rings. The van der Waals surface area contributed by atoms with Crippen molar-refractivity contribution in [3.63, 3.8) is 0 Å². The summed E-state index contributed by atoms with van der Waals surface area (Å²) in [7, 11) is 0. The van der Waals surface area contributed by atoms with Crippen molar-refractivity contribution in [2.75, 3.05) is 0 Å². The molecule has 1 nitrogen and oxygen atoms in total. The van der Waals surface area contributed by atoms with Crippen molar-refractivity contribution >= 4 is 0 Å². The summed E-state index contributed by atoms with van der Waals surface area (Å²) in [5.41, 5.74) is 3.13. The van der Waals surface area contributed by atoms with Gasteiger partial charge in [-0.05, 0) is 45.6 Å². The van der Waals surface area contributed by atoms with E-state index in [1.807, 2.05) is 0 Å². The zero-order valence-electron chi connectivity index (χ0n) is 26.1. The third kappa shape index (κ3) is 20.7. The maximum Gasteiger partial charge on any atom is 0.172 e. The van der Waals surface area contributed by atoms with Crippen molar-refractivity contribution in [1.82, 2.24) is 0 Å². The number of nitrogens with zero attached hydrogens (tertiary/aromatic N) is 1. The molecule has 1 heterocycles. The minimum atomic E-state index is 0.558. The fourth-order valence-corrected chi connectivity index (χ4v) is 5.64. The summed E-state index contributed by atoms with van der Waals surface area (Å²) in [6.07, 6.45) is 41.7.